The zero-order chi connectivity index (χ0) is 25.6. The lowest BCUT2D eigenvalue weighted by molar-refractivity contribution is -0.133. The van der Waals surface area contributed by atoms with Crippen LogP contribution in [0.25, 0.3) is 0 Å². The first-order valence-corrected chi connectivity index (χ1v) is 12.7. The number of benzene rings is 1. The molecule has 2 aliphatic heterocycles. The fraction of sp³-hybridized carbons (Fsp3) is 0.654. The Morgan fingerprint density at radius 1 is 1.26 bits per heavy atom. The van der Waals surface area contributed by atoms with E-state index in [1.807, 2.05) is 47.6 Å². The van der Waals surface area contributed by atoms with Gasteiger partial charge in [-0.15, -0.1) is 0 Å². The fourth-order valence-corrected chi connectivity index (χ4v) is 5.02. The molecule has 34 heavy (non-hydrogen) atoms. The molecule has 1 saturated carbocycles. The zero-order valence-corrected chi connectivity index (χ0v) is 21.4. The van der Waals surface area contributed by atoms with E-state index < -0.39 is 12.1 Å². The molecule has 0 radical (unpaired) electrons. The van der Waals surface area contributed by atoms with Gasteiger partial charge in [0.25, 0.3) is 0 Å². The molecule has 3 aliphatic rings. The Kier molecular flexibility index (Phi) is 9.87. The van der Waals surface area contributed by atoms with Crippen LogP contribution in [0.15, 0.2) is 24.3 Å². The molecule has 6 unspecified atom stereocenters. The molecular weight excluding hydrogens is 433 g/mol. The maximum atomic E-state index is 13.7. The van der Waals surface area contributed by atoms with Crippen LogP contribution in [0, 0.1) is 23.1 Å². The molecule has 2 heterocycles. The van der Waals surface area contributed by atoms with Crippen molar-refractivity contribution in [1.29, 1.82) is 5.26 Å². The average Bonchev–Trinajstić information content (AvgIpc) is 3.42. The number of carbonyl (C=O) groups is 2. The van der Waals surface area contributed by atoms with Crippen molar-refractivity contribution in [3.8, 4) is 6.07 Å². The molecule has 3 fully saturated rings. The third-order valence-corrected chi connectivity index (χ3v) is 6.78. The summed E-state index contributed by atoms with van der Waals surface area (Å²) in [6.45, 7) is 12.5. The minimum atomic E-state index is -0.855. The Labute approximate surface area is 203 Å². The lowest BCUT2D eigenvalue weighted by atomic mass is 10.0. The van der Waals surface area contributed by atoms with Crippen LogP contribution < -0.4 is 5.73 Å². The third-order valence-electron chi connectivity index (χ3n) is 6.78. The van der Waals surface area contributed by atoms with E-state index in [2.05, 4.69) is 6.07 Å². The Morgan fingerprint density at radius 2 is 1.94 bits per heavy atom. The van der Waals surface area contributed by atoms with E-state index in [-0.39, 0.29) is 42.4 Å². The maximum absolute atomic E-state index is 13.7. The number of rotatable bonds is 6. The van der Waals surface area contributed by atoms with Crippen LogP contribution in [0.5, 0.6) is 0 Å². The number of urea groups is 1. The van der Waals surface area contributed by atoms with Gasteiger partial charge in [-0.2, -0.15) is 5.26 Å². The molecule has 1 aromatic carbocycles. The van der Waals surface area contributed by atoms with Gasteiger partial charge in [0.2, 0.25) is 5.91 Å². The second-order valence-corrected chi connectivity index (χ2v) is 8.68. The molecule has 7 nitrogen and oxygen atoms in total. The van der Waals surface area contributed by atoms with E-state index in [1.54, 1.807) is 20.8 Å². The number of piperidine rings is 1. The van der Waals surface area contributed by atoms with Crippen molar-refractivity contribution in [1.82, 2.24) is 14.7 Å². The number of fused-ring (bicyclic) bond motifs is 1. The summed E-state index contributed by atoms with van der Waals surface area (Å²) in [6.07, 6.45) is 2.41. The molecule has 0 bridgehead atoms. The predicted molar refractivity (Wildman–Crippen MR) is 131 cm³/mol. The van der Waals surface area contributed by atoms with Gasteiger partial charge < -0.3 is 20.4 Å². The quantitative estimate of drug-likeness (QED) is 0.667. The summed E-state index contributed by atoms with van der Waals surface area (Å²) >= 11 is 0. The summed E-state index contributed by atoms with van der Waals surface area (Å²) in [6, 6.07) is 6.84. The number of nitriles is 1. The van der Waals surface area contributed by atoms with Crippen molar-refractivity contribution >= 4 is 11.9 Å². The largest absolute Gasteiger partial charge is 0.322 e. The Hall–Kier alpha value is -2.66. The van der Waals surface area contributed by atoms with Gasteiger partial charge in [-0.25, -0.2) is 9.18 Å². The molecular formula is C26H40FN5O2. The van der Waals surface area contributed by atoms with Crippen molar-refractivity contribution < 1.29 is 14.0 Å². The summed E-state index contributed by atoms with van der Waals surface area (Å²) in [4.78, 5) is 31.1. The number of nitrogens with two attached hydrogens (primary N) is 1. The van der Waals surface area contributed by atoms with Crippen LogP contribution >= 0.6 is 0 Å². The summed E-state index contributed by atoms with van der Waals surface area (Å²) < 4.78 is 13.7. The minimum absolute atomic E-state index is 0.0375. The van der Waals surface area contributed by atoms with E-state index in [0.717, 1.165) is 24.8 Å². The number of halogens is 1. The highest BCUT2D eigenvalue weighted by atomic mass is 19.1. The predicted octanol–water partition coefficient (Wildman–Crippen LogP) is 4.30. The Bertz CT molecular complexity index is 888. The van der Waals surface area contributed by atoms with Crippen LogP contribution in [-0.2, 0) is 4.79 Å². The Morgan fingerprint density at radius 3 is 2.53 bits per heavy atom. The van der Waals surface area contributed by atoms with Gasteiger partial charge in [-0.05, 0) is 49.8 Å². The van der Waals surface area contributed by atoms with Crippen LogP contribution in [0.2, 0.25) is 0 Å². The molecule has 2 saturated heterocycles. The van der Waals surface area contributed by atoms with Crippen LogP contribution in [0.4, 0.5) is 9.18 Å². The van der Waals surface area contributed by atoms with Gasteiger partial charge in [0.05, 0.1) is 18.2 Å². The van der Waals surface area contributed by atoms with E-state index in [1.165, 1.54) is 12.1 Å². The second kappa shape index (κ2) is 12.2. The van der Waals surface area contributed by atoms with Gasteiger partial charge in [-0.3, -0.25) is 4.79 Å². The van der Waals surface area contributed by atoms with E-state index in [4.69, 9.17) is 5.73 Å². The number of amides is 3. The molecule has 0 aromatic heterocycles. The molecule has 6 atom stereocenters. The lowest BCUT2D eigenvalue weighted by Crippen LogP contribution is -2.52. The molecule has 0 spiro atoms. The molecule has 8 heteroatoms. The van der Waals surface area contributed by atoms with Gasteiger partial charge in [0.15, 0.2) is 0 Å². The van der Waals surface area contributed by atoms with E-state index >= 15 is 0 Å². The van der Waals surface area contributed by atoms with Gasteiger partial charge in [0.1, 0.15) is 17.9 Å². The molecule has 1 aliphatic carbocycles. The lowest BCUT2D eigenvalue weighted by Gasteiger charge is -2.30. The van der Waals surface area contributed by atoms with E-state index in [9.17, 15) is 19.2 Å². The summed E-state index contributed by atoms with van der Waals surface area (Å²) in [5, 5.41) is 9.34. The third kappa shape index (κ3) is 5.52. The fourth-order valence-electron chi connectivity index (χ4n) is 5.02. The molecule has 4 rings (SSSR count). The SMILES string of the molecule is CC.CC.CCC1CN(CC(N)C(=O)N2C(C#N)CC3CC32)C(=O)N1C(C)c1cccc(F)c1. The van der Waals surface area contributed by atoms with Crippen LogP contribution in [0.1, 0.15) is 72.4 Å². The first-order valence-electron chi connectivity index (χ1n) is 12.7. The van der Waals surface area contributed by atoms with Gasteiger partial charge in [0, 0.05) is 19.1 Å². The van der Waals surface area contributed by atoms with Crippen LogP contribution in [-0.4, -0.2) is 63.9 Å². The zero-order valence-electron chi connectivity index (χ0n) is 21.4. The standard InChI is InChI=1S/C22H28FN5O2.2C2H6/c1-3-17-11-26(22(30)27(17)13(2)14-5-4-6-16(23)7-14)12-19(25)21(29)28-18(10-24)8-15-9-20(15)28;2*1-2/h4-7,13,15,17-20H,3,8-9,11-12,25H2,1-2H3;2*1-2H3. The number of nitrogens with zero attached hydrogens (tertiary/aromatic N) is 4. The molecule has 188 valence electrons. The summed E-state index contributed by atoms with van der Waals surface area (Å²) in [7, 11) is 0. The second-order valence-electron chi connectivity index (χ2n) is 8.68. The van der Waals surface area contributed by atoms with Gasteiger partial charge in [-0.1, -0.05) is 46.8 Å². The molecule has 3 amide bonds. The van der Waals surface area contributed by atoms with Gasteiger partial charge >= 0.3 is 6.03 Å². The highest BCUT2D eigenvalue weighted by molar-refractivity contribution is 5.85. The van der Waals surface area contributed by atoms with Crippen molar-refractivity contribution in [3.05, 3.63) is 35.6 Å². The first-order chi connectivity index (χ1) is 16.3. The monoisotopic (exact) mass is 473 g/mol. The number of hydrogen-bond acceptors (Lipinski definition) is 4. The molecule has 1 aromatic rings. The van der Waals surface area contributed by atoms with Crippen LogP contribution in [0.3, 0.4) is 0 Å². The van der Waals surface area contributed by atoms with Crippen molar-refractivity contribution in [2.24, 2.45) is 11.7 Å². The topological polar surface area (TPSA) is 93.7 Å². The molecule has 2 N–H and O–H groups in total. The number of carbonyl (C=O) groups excluding carboxylic acids is 2. The van der Waals surface area contributed by atoms with Crippen molar-refractivity contribution in [2.75, 3.05) is 13.1 Å². The number of likely N-dealkylation sites (tertiary alicyclic amines) is 1. The highest BCUT2D eigenvalue weighted by Gasteiger charge is 2.55. The summed E-state index contributed by atoms with van der Waals surface area (Å²) in [5.74, 6) is -0.158. The normalized spacial score (nSPS) is 26.4. The Balaban J connectivity index is 0.000000970. The van der Waals surface area contributed by atoms with E-state index in [0.29, 0.717) is 12.5 Å². The number of hydrogen-bond donors (Lipinski definition) is 1. The first kappa shape index (κ1) is 27.6. The van der Waals surface area contributed by atoms with Crippen molar-refractivity contribution in [2.45, 2.75) is 91.0 Å². The highest BCUT2D eigenvalue weighted by Crippen LogP contribution is 2.47. The maximum Gasteiger partial charge on any atom is 0.320 e. The smallest absolute Gasteiger partial charge is 0.320 e. The minimum Gasteiger partial charge on any atom is -0.322 e. The summed E-state index contributed by atoms with van der Waals surface area (Å²) in [5.41, 5.74) is 6.95. The average molecular weight is 474 g/mol. The van der Waals surface area contributed by atoms with Crippen molar-refractivity contribution in [3.63, 3.8) is 0 Å².